The first kappa shape index (κ1) is 14.1. The van der Waals surface area contributed by atoms with Crippen LogP contribution in [0, 0.1) is 0 Å². The lowest BCUT2D eigenvalue weighted by atomic mass is 9.79. The van der Waals surface area contributed by atoms with Gasteiger partial charge in [0.25, 0.3) is 0 Å². The van der Waals surface area contributed by atoms with Crippen LogP contribution in [0.25, 0.3) is 0 Å². The predicted molar refractivity (Wildman–Crippen MR) is 84.8 cm³/mol. The van der Waals surface area contributed by atoms with E-state index in [1.165, 1.54) is 44.2 Å². The predicted octanol–water partition coefficient (Wildman–Crippen LogP) is 3.74. The summed E-state index contributed by atoms with van der Waals surface area (Å²) >= 11 is 0. The lowest BCUT2D eigenvalue weighted by molar-refractivity contribution is 0.0355. The molecular formula is C18H28N2. The summed E-state index contributed by atoms with van der Waals surface area (Å²) in [6, 6.07) is 12.1. The molecule has 2 aliphatic rings. The van der Waals surface area contributed by atoms with E-state index in [-0.39, 0.29) is 0 Å². The van der Waals surface area contributed by atoms with Crippen LogP contribution in [0.5, 0.6) is 0 Å². The van der Waals surface area contributed by atoms with Crippen LogP contribution in [0.4, 0.5) is 0 Å². The summed E-state index contributed by atoms with van der Waals surface area (Å²) < 4.78 is 0. The third kappa shape index (κ3) is 2.77. The molecule has 20 heavy (non-hydrogen) atoms. The molecule has 2 fully saturated rings. The fourth-order valence-electron chi connectivity index (χ4n) is 4.05. The van der Waals surface area contributed by atoms with E-state index in [1.807, 2.05) is 0 Å². The molecule has 110 valence electrons. The minimum Gasteiger partial charge on any atom is -0.308 e. The molecule has 1 heterocycles. The van der Waals surface area contributed by atoms with Crippen LogP contribution in [0.15, 0.2) is 30.3 Å². The van der Waals surface area contributed by atoms with Crippen LogP contribution >= 0.6 is 0 Å². The Balaban J connectivity index is 1.76. The summed E-state index contributed by atoms with van der Waals surface area (Å²) in [5.74, 6) is 0. The lowest BCUT2D eigenvalue weighted by Gasteiger charge is -2.51. The molecule has 2 atom stereocenters. The monoisotopic (exact) mass is 272 g/mol. The van der Waals surface area contributed by atoms with Gasteiger partial charge in [0.05, 0.1) is 0 Å². The third-order valence-corrected chi connectivity index (χ3v) is 5.41. The second kappa shape index (κ2) is 5.87. The summed E-state index contributed by atoms with van der Waals surface area (Å²) in [7, 11) is 0. The van der Waals surface area contributed by atoms with Crippen molar-refractivity contribution in [1.82, 2.24) is 10.2 Å². The first-order valence-electron chi connectivity index (χ1n) is 8.26. The van der Waals surface area contributed by atoms with E-state index in [4.69, 9.17) is 0 Å². The number of piperazine rings is 1. The summed E-state index contributed by atoms with van der Waals surface area (Å²) in [4.78, 5) is 2.72. The topological polar surface area (TPSA) is 15.3 Å². The molecule has 2 nitrogen and oxygen atoms in total. The van der Waals surface area contributed by atoms with Gasteiger partial charge in [-0.25, -0.2) is 0 Å². The van der Waals surface area contributed by atoms with Gasteiger partial charge in [-0.05, 0) is 32.3 Å². The second-order valence-corrected chi connectivity index (χ2v) is 6.83. The van der Waals surface area contributed by atoms with Crippen molar-refractivity contribution in [1.29, 1.82) is 0 Å². The van der Waals surface area contributed by atoms with Gasteiger partial charge < -0.3 is 5.32 Å². The maximum Gasteiger partial charge on any atom is 0.0324 e. The largest absolute Gasteiger partial charge is 0.308 e. The van der Waals surface area contributed by atoms with E-state index in [0.717, 1.165) is 6.54 Å². The van der Waals surface area contributed by atoms with Gasteiger partial charge in [0, 0.05) is 30.7 Å². The third-order valence-electron chi connectivity index (χ3n) is 5.41. The first-order valence-corrected chi connectivity index (χ1v) is 8.26. The first-order chi connectivity index (χ1) is 9.70. The molecule has 1 saturated heterocycles. The highest BCUT2D eigenvalue weighted by Crippen LogP contribution is 2.35. The average molecular weight is 272 g/mol. The highest BCUT2D eigenvalue weighted by Gasteiger charge is 2.40. The van der Waals surface area contributed by atoms with Crippen molar-refractivity contribution < 1.29 is 0 Å². The molecule has 0 aromatic heterocycles. The van der Waals surface area contributed by atoms with Crippen LogP contribution < -0.4 is 5.32 Å². The zero-order valence-corrected chi connectivity index (χ0v) is 12.9. The molecule has 0 radical (unpaired) electrons. The quantitative estimate of drug-likeness (QED) is 0.882. The summed E-state index contributed by atoms with van der Waals surface area (Å²) in [5.41, 5.74) is 1.85. The van der Waals surface area contributed by atoms with Crippen molar-refractivity contribution in [2.45, 2.75) is 63.6 Å². The van der Waals surface area contributed by atoms with Crippen molar-refractivity contribution in [2.24, 2.45) is 0 Å². The molecule has 0 bridgehead atoms. The van der Waals surface area contributed by atoms with Gasteiger partial charge in [0.2, 0.25) is 0 Å². The van der Waals surface area contributed by atoms with Gasteiger partial charge in [-0.15, -0.1) is 0 Å². The molecule has 1 aliphatic heterocycles. The van der Waals surface area contributed by atoms with Gasteiger partial charge >= 0.3 is 0 Å². The Kier molecular flexibility index (Phi) is 4.13. The van der Waals surface area contributed by atoms with Crippen LogP contribution in [-0.4, -0.2) is 29.6 Å². The Labute approximate surface area is 123 Å². The van der Waals surface area contributed by atoms with Crippen LogP contribution in [0.1, 0.15) is 57.6 Å². The number of hydrogen-bond donors (Lipinski definition) is 1. The van der Waals surface area contributed by atoms with Crippen molar-refractivity contribution in [3.63, 3.8) is 0 Å². The van der Waals surface area contributed by atoms with E-state index in [0.29, 0.717) is 17.6 Å². The Hall–Kier alpha value is -0.860. The van der Waals surface area contributed by atoms with Crippen molar-refractivity contribution in [2.75, 3.05) is 13.1 Å². The minimum absolute atomic E-state index is 0.397. The molecule has 1 aromatic carbocycles. The molecule has 0 amide bonds. The van der Waals surface area contributed by atoms with Gasteiger partial charge in [0.1, 0.15) is 0 Å². The van der Waals surface area contributed by atoms with E-state index in [1.54, 1.807) is 0 Å². The molecule has 1 aliphatic carbocycles. The van der Waals surface area contributed by atoms with E-state index in [9.17, 15) is 0 Å². The van der Waals surface area contributed by atoms with Crippen molar-refractivity contribution in [3.8, 4) is 0 Å². The molecule has 1 aromatic rings. The van der Waals surface area contributed by atoms with Crippen molar-refractivity contribution in [3.05, 3.63) is 35.9 Å². The summed E-state index contributed by atoms with van der Waals surface area (Å²) in [6.45, 7) is 7.08. The normalized spacial score (nSPS) is 28.4. The molecule has 2 heteroatoms. The zero-order valence-electron chi connectivity index (χ0n) is 12.9. The van der Waals surface area contributed by atoms with Gasteiger partial charge in [0.15, 0.2) is 0 Å². The molecule has 2 unspecified atom stereocenters. The lowest BCUT2D eigenvalue weighted by Crippen LogP contribution is -2.64. The zero-order chi connectivity index (χ0) is 14.0. The van der Waals surface area contributed by atoms with Gasteiger partial charge in [-0.3, -0.25) is 4.90 Å². The Morgan fingerprint density at radius 3 is 2.55 bits per heavy atom. The molecule has 1 spiro atoms. The molecule has 1 N–H and O–H groups in total. The molecule has 3 rings (SSSR count). The maximum absolute atomic E-state index is 3.88. The average Bonchev–Trinajstić information content (AvgIpc) is 2.51. The van der Waals surface area contributed by atoms with E-state index < -0.39 is 0 Å². The highest BCUT2D eigenvalue weighted by atomic mass is 15.3. The van der Waals surface area contributed by atoms with Crippen LogP contribution in [0.3, 0.4) is 0 Å². The van der Waals surface area contributed by atoms with Crippen molar-refractivity contribution >= 4 is 0 Å². The minimum atomic E-state index is 0.397. The fourth-order valence-corrected chi connectivity index (χ4v) is 4.05. The van der Waals surface area contributed by atoms with E-state index in [2.05, 4.69) is 54.4 Å². The summed E-state index contributed by atoms with van der Waals surface area (Å²) in [6.07, 6.45) is 6.94. The van der Waals surface area contributed by atoms with E-state index >= 15 is 0 Å². The number of benzene rings is 1. The smallest absolute Gasteiger partial charge is 0.0324 e. The number of rotatable bonds is 2. The van der Waals surface area contributed by atoms with Crippen LogP contribution in [0.2, 0.25) is 0 Å². The van der Waals surface area contributed by atoms with Gasteiger partial charge in [-0.2, -0.15) is 0 Å². The second-order valence-electron chi connectivity index (χ2n) is 6.83. The van der Waals surface area contributed by atoms with Crippen LogP contribution in [-0.2, 0) is 0 Å². The number of hydrogen-bond acceptors (Lipinski definition) is 2. The Morgan fingerprint density at radius 2 is 1.85 bits per heavy atom. The maximum atomic E-state index is 3.88. The molecular weight excluding hydrogens is 244 g/mol. The Morgan fingerprint density at radius 1 is 1.15 bits per heavy atom. The SMILES string of the molecule is CC1CNC2(CCCCC2)CN1C(C)c1ccccc1. The van der Waals surface area contributed by atoms with Gasteiger partial charge in [-0.1, -0.05) is 49.6 Å². The summed E-state index contributed by atoms with van der Waals surface area (Å²) in [5, 5.41) is 3.88. The standard InChI is InChI=1S/C18H28N2/c1-15-13-19-18(11-7-4-8-12-18)14-20(15)16(2)17-9-5-3-6-10-17/h3,5-6,9-10,15-16,19H,4,7-8,11-14H2,1-2H3. The number of nitrogens with zero attached hydrogens (tertiary/aromatic N) is 1. The number of nitrogens with one attached hydrogen (secondary N) is 1. The fraction of sp³-hybridized carbons (Fsp3) is 0.667. The highest BCUT2D eigenvalue weighted by molar-refractivity contribution is 5.19. The Bertz CT molecular complexity index is 422. The molecule has 1 saturated carbocycles.